The zero-order chi connectivity index (χ0) is 31.0. The van der Waals surface area contributed by atoms with Gasteiger partial charge in [0.25, 0.3) is 5.91 Å². The number of alkyl carbamates (subject to hydrolysis) is 1. The first-order valence-electron chi connectivity index (χ1n) is 13.4. The highest BCUT2D eigenvalue weighted by molar-refractivity contribution is 5.94. The van der Waals surface area contributed by atoms with E-state index >= 15 is 0 Å². The van der Waals surface area contributed by atoms with Crippen molar-refractivity contribution in [3.05, 3.63) is 70.8 Å². The summed E-state index contributed by atoms with van der Waals surface area (Å²) in [6.07, 6.45) is 5.15. The normalized spacial score (nSPS) is 12.8. The van der Waals surface area contributed by atoms with Crippen LogP contribution in [0.1, 0.15) is 69.8 Å². The zero-order valence-electron chi connectivity index (χ0n) is 25.2. The molecule has 2 aromatic rings. The Kier molecular flexibility index (Phi) is 11.1. The molecule has 9 heteroatoms. The van der Waals surface area contributed by atoms with Gasteiger partial charge in [0.15, 0.2) is 0 Å². The lowest BCUT2D eigenvalue weighted by Gasteiger charge is -2.31. The molecular formula is C32H41N3O6. The van der Waals surface area contributed by atoms with Crippen LogP contribution in [0.2, 0.25) is 0 Å². The summed E-state index contributed by atoms with van der Waals surface area (Å²) < 4.78 is 10.8. The minimum atomic E-state index is -1.30. The maximum atomic E-state index is 14.0. The number of amides is 3. The van der Waals surface area contributed by atoms with Crippen molar-refractivity contribution in [1.82, 2.24) is 15.5 Å². The number of aryl methyl sites for hydroxylation is 2. The van der Waals surface area contributed by atoms with Crippen molar-refractivity contribution in [3.63, 3.8) is 0 Å². The van der Waals surface area contributed by atoms with Crippen molar-refractivity contribution in [2.75, 3.05) is 6.54 Å². The molecule has 0 fully saturated rings. The Morgan fingerprint density at radius 3 is 1.95 bits per heavy atom. The molecule has 0 saturated heterocycles. The van der Waals surface area contributed by atoms with Crippen LogP contribution in [-0.2, 0) is 30.3 Å². The van der Waals surface area contributed by atoms with Gasteiger partial charge in [0, 0.05) is 12.5 Å². The van der Waals surface area contributed by atoms with E-state index < -0.39 is 53.7 Å². The maximum Gasteiger partial charge on any atom is 0.408 e. The van der Waals surface area contributed by atoms with Gasteiger partial charge in [-0.3, -0.25) is 14.5 Å². The topological polar surface area (TPSA) is 114 Å². The summed E-state index contributed by atoms with van der Waals surface area (Å²) in [4.78, 5) is 53.7. The SMILES string of the molecule is C#CN(C(=O)CNC(=O)OC(C)(C)C)C(C(=O)NC(Cc1ccccc1)C(=O)OC(C)(C)C)c1c(C)cccc1C. The summed E-state index contributed by atoms with van der Waals surface area (Å²) in [5, 5.41) is 5.18. The molecule has 0 heterocycles. The summed E-state index contributed by atoms with van der Waals surface area (Å²) >= 11 is 0. The van der Waals surface area contributed by atoms with Crippen LogP contribution in [0, 0.1) is 26.3 Å². The first-order valence-corrected chi connectivity index (χ1v) is 13.4. The number of carbonyl (C=O) groups excluding carboxylic acids is 4. The van der Waals surface area contributed by atoms with Gasteiger partial charge in [0.1, 0.15) is 29.8 Å². The lowest BCUT2D eigenvalue weighted by molar-refractivity contribution is -0.159. The van der Waals surface area contributed by atoms with Crippen LogP contribution in [0.15, 0.2) is 48.5 Å². The fraction of sp³-hybridized carbons (Fsp3) is 0.438. The molecule has 0 aromatic heterocycles. The van der Waals surface area contributed by atoms with Crippen LogP contribution in [-0.4, -0.2) is 52.6 Å². The molecule has 0 bridgehead atoms. The second-order valence-electron chi connectivity index (χ2n) is 11.7. The van der Waals surface area contributed by atoms with Gasteiger partial charge in [-0.25, -0.2) is 9.59 Å². The monoisotopic (exact) mass is 563 g/mol. The Labute approximate surface area is 243 Å². The molecule has 0 radical (unpaired) electrons. The molecule has 0 aliphatic rings. The standard InChI is InChI=1S/C32H41N3O6/c1-10-35(25(36)20-33-30(39)41-32(7,8)9)27(26-21(2)15-14-16-22(26)3)28(37)34-24(29(38)40-31(4,5)6)19-23-17-12-11-13-18-23/h1,11-18,24,27H,19-20H2,2-9H3,(H,33,39)(H,34,37). The van der Waals surface area contributed by atoms with E-state index in [1.807, 2.05) is 36.4 Å². The minimum absolute atomic E-state index is 0.158. The van der Waals surface area contributed by atoms with Crippen LogP contribution in [0.5, 0.6) is 0 Å². The number of nitrogens with zero attached hydrogens (tertiary/aromatic N) is 1. The van der Waals surface area contributed by atoms with E-state index in [4.69, 9.17) is 15.9 Å². The largest absolute Gasteiger partial charge is 0.458 e. The van der Waals surface area contributed by atoms with Crippen molar-refractivity contribution in [3.8, 4) is 12.5 Å². The quantitative estimate of drug-likeness (QED) is 0.266. The number of carbonyl (C=O) groups is 4. The molecule has 2 aromatic carbocycles. The minimum Gasteiger partial charge on any atom is -0.458 e. The van der Waals surface area contributed by atoms with E-state index in [1.165, 1.54) is 0 Å². The first kappa shape index (κ1) is 32.9. The van der Waals surface area contributed by atoms with E-state index in [9.17, 15) is 19.2 Å². The summed E-state index contributed by atoms with van der Waals surface area (Å²) in [6.45, 7) is 13.4. The van der Waals surface area contributed by atoms with Crippen LogP contribution >= 0.6 is 0 Å². The molecule has 2 unspecified atom stereocenters. The fourth-order valence-electron chi connectivity index (χ4n) is 4.14. The number of ether oxygens (including phenoxy) is 2. The van der Waals surface area contributed by atoms with Gasteiger partial charge in [-0.15, -0.1) is 0 Å². The van der Waals surface area contributed by atoms with Gasteiger partial charge in [-0.05, 0) is 77.6 Å². The van der Waals surface area contributed by atoms with Gasteiger partial charge in [0.05, 0.1) is 0 Å². The smallest absolute Gasteiger partial charge is 0.408 e. The first-order chi connectivity index (χ1) is 19.0. The van der Waals surface area contributed by atoms with Crippen LogP contribution in [0.3, 0.4) is 0 Å². The number of esters is 1. The van der Waals surface area contributed by atoms with Gasteiger partial charge in [0.2, 0.25) is 5.91 Å². The summed E-state index contributed by atoms with van der Waals surface area (Å²) in [7, 11) is 0. The number of hydrogen-bond acceptors (Lipinski definition) is 6. The van der Waals surface area contributed by atoms with Crippen molar-refractivity contribution in [2.24, 2.45) is 0 Å². The van der Waals surface area contributed by atoms with E-state index in [-0.39, 0.29) is 6.42 Å². The summed E-state index contributed by atoms with van der Waals surface area (Å²) in [5.74, 6) is -2.00. The third-order valence-electron chi connectivity index (χ3n) is 5.80. The summed E-state index contributed by atoms with van der Waals surface area (Å²) in [5.41, 5.74) is 1.19. The molecule has 41 heavy (non-hydrogen) atoms. The highest BCUT2D eigenvalue weighted by Gasteiger charge is 2.36. The number of rotatable bonds is 9. The molecule has 0 aliphatic heterocycles. The van der Waals surface area contributed by atoms with Gasteiger partial charge in [-0.2, -0.15) is 0 Å². The van der Waals surface area contributed by atoms with Gasteiger partial charge >= 0.3 is 12.1 Å². The molecule has 220 valence electrons. The Bertz CT molecular complexity index is 1260. The third kappa shape index (κ3) is 10.3. The molecule has 0 spiro atoms. The van der Waals surface area contributed by atoms with Crippen molar-refractivity contribution in [1.29, 1.82) is 0 Å². The molecule has 0 saturated carbocycles. The predicted molar refractivity (Wildman–Crippen MR) is 156 cm³/mol. The maximum absolute atomic E-state index is 14.0. The van der Waals surface area contributed by atoms with E-state index in [1.54, 1.807) is 67.5 Å². The lowest BCUT2D eigenvalue weighted by atomic mass is 9.93. The van der Waals surface area contributed by atoms with Crippen molar-refractivity contribution < 1.29 is 28.7 Å². The van der Waals surface area contributed by atoms with Gasteiger partial charge < -0.3 is 20.1 Å². The molecule has 9 nitrogen and oxygen atoms in total. The Morgan fingerprint density at radius 2 is 1.44 bits per heavy atom. The second-order valence-corrected chi connectivity index (χ2v) is 11.7. The van der Waals surface area contributed by atoms with Crippen molar-refractivity contribution >= 4 is 23.9 Å². The number of hydrogen-bond donors (Lipinski definition) is 2. The highest BCUT2D eigenvalue weighted by atomic mass is 16.6. The van der Waals surface area contributed by atoms with Crippen LogP contribution in [0.25, 0.3) is 0 Å². The number of terminal acetylenes is 1. The Morgan fingerprint density at radius 1 is 0.878 bits per heavy atom. The Balaban J connectivity index is 2.46. The summed E-state index contributed by atoms with van der Waals surface area (Å²) in [6, 6.07) is 14.6. The fourth-order valence-corrected chi connectivity index (χ4v) is 4.14. The van der Waals surface area contributed by atoms with E-state index in [2.05, 4.69) is 16.7 Å². The molecule has 2 rings (SSSR count). The van der Waals surface area contributed by atoms with Gasteiger partial charge in [-0.1, -0.05) is 55.0 Å². The van der Waals surface area contributed by atoms with E-state index in [0.29, 0.717) is 5.56 Å². The molecule has 0 aliphatic carbocycles. The number of nitrogens with one attached hydrogen (secondary N) is 2. The third-order valence-corrected chi connectivity index (χ3v) is 5.80. The zero-order valence-corrected chi connectivity index (χ0v) is 25.2. The lowest BCUT2D eigenvalue weighted by Crippen LogP contribution is -2.51. The Hall–Kier alpha value is -4.32. The molecular weight excluding hydrogens is 522 g/mol. The molecule has 2 atom stereocenters. The second kappa shape index (κ2) is 13.8. The van der Waals surface area contributed by atoms with Crippen molar-refractivity contribution in [2.45, 2.75) is 85.1 Å². The molecule has 3 amide bonds. The highest BCUT2D eigenvalue weighted by Crippen LogP contribution is 2.28. The average Bonchev–Trinajstić information content (AvgIpc) is 2.85. The average molecular weight is 564 g/mol. The van der Waals surface area contributed by atoms with E-state index in [0.717, 1.165) is 21.6 Å². The molecule has 2 N–H and O–H groups in total. The van der Waals surface area contributed by atoms with Crippen LogP contribution < -0.4 is 10.6 Å². The number of benzene rings is 2. The van der Waals surface area contributed by atoms with Crippen LogP contribution in [0.4, 0.5) is 4.79 Å². The predicted octanol–water partition coefficient (Wildman–Crippen LogP) is 4.36.